The zero-order valence-corrected chi connectivity index (χ0v) is 13.1. The number of rotatable bonds is 10. The topological polar surface area (TPSA) is 48.4 Å². The molecule has 0 fully saturated rings. The van der Waals surface area contributed by atoms with Gasteiger partial charge in [0.2, 0.25) is 0 Å². The Hall–Kier alpha value is -1.13. The Balaban J connectivity index is 2.89. The molecule has 0 amide bonds. The fourth-order valence-corrected chi connectivity index (χ4v) is 2.28. The fourth-order valence-electron chi connectivity index (χ4n) is 2.28. The van der Waals surface area contributed by atoms with Crippen LogP contribution in [-0.2, 0) is 0 Å². The van der Waals surface area contributed by atoms with Gasteiger partial charge in [0.05, 0.1) is 6.61 Å². The van der Waals surface area contributed by atoms with Gasteiger partial charge in [0, 0.05) is 30.9 Å². The molecule has 0 saturated heterocycles. The molecule has 1 heterocycles. The molecule has 0 aromatic carbocycles. The van der Waals surface area contributed by atoms with Crippen molar-refractivity contribution in [3.63, 3.8) is 0 Å². The SMILES string of the molecule is CCCCN(CCO)c1ncccc1C(C)NCCC. The van der Waals surface area contributed by atoms with Crippen molar-refractivity contribution >= 4 is 5.82 Å². The number of nitrogens with zero attached hydrogens (tertiary/aromatic N) is 2. The van der Waals surface area contributed by atoms with Crippen molar-refractivity contribution in [2.24, 2.45) is 0 Å². The van der Waals surface area contributed by atoms with E-state index in [0.717, 1.165) is 38.2 Å². The van der Waals surface area contributed by atoms with E-state index in [1.54, 1.807) is 0 Å². The molecule has 2 N–H and O–H groups in total. The van der Waals surface area contributed by atoms with Crippen molar-refractivity contribution < 1.29 is 5.11 Å². The van der Waals surface area contributed by atoms with Crippen LogP contribution in [0.3, 0.4) is 0 Å². The summed E-state index contributed by atoms with van der Waals surface area (Å²) in [6, 6.07) is 4.40. The Morgan fingerprint density at radius 2 is 2.10 bits per heavy atom. The second-order valence-corrected chi connectivity index (χ2v) is 5.16. The molecule has 0 bridgehead atoms. The van der Waals surface area contributed by atoms with Gasteiger partial charge in [-0.05, 0) is 32.4 Å². The molecule has 0 aliphatic heterocycles. The summed E-state index contributed by atoms with van der Waals surface area (Å²) in [7, 11) is 0. The predicted molar refractivity (Wildman–Crippen MR) is 85.2 cm³/mol. The van der Waals surface area contributed by atoms with Crippen molar-refractivity contribution in [1.29, 1.82) is 0 Å². The van der Waals surface area contributed by atoms with E-state index in [9.17, 15) is 5.11 Å². The first-order valence-corrected chi connectivity index (χ1v) is 7.78. The third-order valence-electron chi connectivity index (χ3n) is 3.43. The number of anilines is 1. The number of unbranched alkanes of at least 4 members (excludes halogenated alkanes) is 1. The molecule has 20 heavy (non-hydrogen) atoms. The third kappa shape index (κ3) is 5.10. The Kier molecular flexibility index (Phi) is 8.23. The maximum absolute atomic E-state index is 9.28. The van der Waals surface area contributed by atoms with Crippen molar-refractivity contribution in [3.05, 3.63) is 23.9 Å². The van der Waals surface area contributed by atoms with E-state index in [4.69, 9.17) is 0 Å². The van der Waals surface area contributed by atoms with Crippen molar-refractivity contribution in [1.82, 2.24) is 10.3 Å². The Morgan fingerprint density at radius 3 is 2.75 bits per heavy atom. The van der Waals surface area contributed by atoms with Crippen LogP contribution in [0.25, 0.3) is 0 Å². The molecule has 0 aliphatic carbocycles. The van der Waals surface area contributed by atoms with Gasteiger partial charge in [-0.3, -0.25) is 0 Å². The van der Waals surface area contributed by atoms with Crippen LogP contribution in [0.2, 0.25) is 0 Å². The zero-order valence-electron chi connectivity index (χ0n) is 13.1. The van der Waals surface area contributed by atoms with Crippen molar-refractivity contribution in [3.8, 4) is 0 Å². The van der Waals surface area contributed by atoms with Crippen LogP contribution in [0, 0.1) is 0 Å². The van der Waals surface area contributed by atoms with E-state index in [-0.39, 0.29) is 12.6 Å². The monoisotopic (exact) mass is 279 g/mol. The first-order chi connectivity index (χ1) is 9.74. The van der Waals surface area contributed by atoms with Gasteiger partial charge in [-0.1, -0.05) is 26.3 Å². The molecule has 4 nitrogen and oxygen atoms in total. The predicted octanol–water partition coefficient (Wildman–Crippen LogP) is 2.74. The lowest BCUT2D eigenvalue weighted by Gasteiger charge is -2.27. The molecule has 1 atom stereocenters. The highest BCUT2D eigenvalue weighted by molar-refractivity contribution is 5.48. The van der Waals surface area contributed by atoms with Gasteiger partial charge in [-0.15, -0.1) is 0 Å². The molecule has 0 saturated carbocycles. The Morgan fingerprint density at radius 1 is 1.30 bits per heavy atom. The molecule has 1 rings (SSSR count). The highest BCUT2D eigenvalue weighted by Gasteiger charge is 2.15. The maximum atomic E-state index is 9.28. The summed E-state index contributed by atoms with van der Waals surface area (Å²) in [6.07, 6.45) is 5.22. The van der Waals surface area contributed by atoms with Crippen LogP contribution in [-0.4, -0.2) is 36.3 Å². The quantitative estimate of drug-likeness (QED) is 0.691. The Bertz CT molecular complexity index is 370. The second kappa shape index (κ2) is 9.72. The smallest absolute Gasteiger partial charge is 0.133 e. The van der Waals surface area contributed by atoms with Gasteiger partial charge >= 0.3 is 0 Å². The molecule has 0 radical (unpaired) electrons. The number of nitrogens with one attached hydrogen (secondary N) is 1. The molecule has 1 aromatic rings. The van der Waals surface area contributed by atoms with E-state index < -0.39 is 0 Å². The van der Waals surface area contributed by atoms with Crippen LogP contribution >= 0.6 is 0 Å². The largest absolute Gasteiger partial charge is 0.395 e. The number of aliphatic hydroxyl groups is 1. The van der Waals surface area contributed by atoms with Gasteiger partial charge in [-0.2, -0.15) is 0 Å². The lowest BCUT2D eigenvalue weighted by Crippen LogP contribution is -2.31. The van der Waals surface area contributed by atoms with Crippen LogP contribution in [0.4, 0.5) is 5.82 Å². The number of aromatic nitrogens is 1. The number of hydrogen-bond acceptors (Lipinski definition) is 4. The summed E-state index contributed by atoms with van der Waals surface area (Å²) in [5.41, 5.74) is 1.21. The highest BCUT2D eigenvalue weighted by Crippen LogP contribution is 2.24. The van der Waals surface area contributed by atoms with E-state index in [2.05, 4.69) is 42.0 Å². The third-order valence-corrected chi connectivity index (χ3v) is 3.43. The summed E-state index contributed by atoms with van der Waals surface area (Å²) in [5.74, 6) is 1.01. The summed E-state index contributed by atoms with van der Waals surface area (Å²) >= 11 is 0. The van der Waals surface area contributed by atoms with E-state index >= 15 is 0 Å². The molecule has 1 aromatic heterocycles. The van der Waals surface area contributed by atoms with Crippen LogP contribution in [0.1, 0.15) is 51.6 Å². The molecule has 0 spiro atoms. The lowest BCUT2D eigenvalue weighted by atomic mass is 10.1. The zero-order chi connectivity index (χ0) is 14.8. The van der Waals surface area contributed by atoms with Gasteiger partial charge < -0.3 is 15.3 Å². The molecule has 114 valence electrons. The molecule has 4 heteroatoms. The minimum Gasteiger partial charge on any atom is -0.395 e. The summed E-state index contributed by atoms with van der Waals surface area (Å²) in [4.78, 5) is 6.75. The maximum Gasteiger partial charge on any atom is 0.133 e. The first-order valence-electron chi connectivity index (χ1n) is 7.78. The average molecular weight is 279 g/mol. The van der Waals surface area contributed by atoms with Crippen LogP contribution in [0.15, 0.2) is 18.3 Å². The van der Waals surface area contributed by atoms with E-state index in [1.165, 1.54) is 5.56 Å². The Labute approximate surface area is 123 Å². The van der Waals surface area contributed by atoms with E-state index in [1.807, 2.05) is 12.3 Å². The number of aliphatic hydroxyl groups excluding tert-OH is 1. The normalized spacial score (nSPS) is 12.4. The van der Waals surface area contributed by atoms with Crippen molar-refractivity contribution in [2.45, 2.75) is 46.1 Å². The number of hydrogen-bond donors (Lipinski definition) is 2. The lowest BCUT2D eigenvalue weighted by molar-refractivity contribution is 0.301. The van der Waals surface area contributed by atoms with Crippen LogP contribution in [0.5, 0.6) is 0 Å². The van der Waals surface area contributed by atoms with Crippen LogP contribution < -0.4 is 10.2 Å². The molecular formula is C16H29N3O. The summed E-state index contributed by atoms with van der Waals surface area (Å²) < 4.78 is 0. The van der Waals surface area contributed by atoms with Gasteiger partial charge in [-0.25, -0.2) is 4.98 Å². The standard InChI is InChI=1S/C16H29N3O/c1-4-6-11-19(12-13-20)16-15(8-7-10-18-16)14(3)17-9-5-2/h7-8,10,14,17,20H,4-6,9,11-13H2,1-3H3. The average Bonchev–Trinajstić information content (AvgIpc) is 2.49. The van der Waals surface area contributed by atoms with E-state index in [0.29, 0.717) is 6.54 Å². The summed E-state index contributed by atoms with van der Waals surface area (Å²) in [5, 5.41) is 12.8. The van der Waals surface area contributed by atoms with Gasteiger partial charge in [0.15, 0.2) is 0 Å². The fraction of sp³-hybridized carbons (Fsp3) is 0.688. The highest BCUT2D eigenvalue weighted by atomic mass is 16.3. The minimum atomic E-state index is 0.163. The molecule has 0 aliphatic rings. The molecular weight excluding hydrogens is 250 g/mol. The number of pyridine rings is 1. The minimum absolute atomic E-state index is 0.163. The molecule has 1 unspecified atom stereocenters. The second-order valence-electron chi connectivity index (χ2n) is 5.16. The van der Waals surface area contributed by atoms with Gasteiger partial charge in [0.25, 0.3) is 0 Å². The van der Waals surface area contributed by atoms with Crippen molar-refractivity contribution in [2.75, 3.05) is 31.1 Å². The summed E-state index contributed by atoms with van der Waals surface area (Å²) in [6.45, 7) is 9.28. The first kappa shape index (κ1) is 16.9. The van der Waals surface area contributed by atoms with Gasteiger partial charge in [0.1, 0.15) is 5.82 Å².